The van der Waals surface area contributed by atoms with E-state index in [0.717, 1.165) is 42.8 Å². The Morgan fingerprint density at radius 3 is 2.71 bits per heavy atom. The van der Waals surface area contributed by atoms with Crippen molar-refractivity contribution in [3.63, 3.8) is 0 Å². The highest BCUT2D eigenvalue weighted by atomic mass is 35.5. The number of carbonyl (C=O) groups is 2. The van der Waals surface area contributed by atoms with Gasteiger partial charge in [-0.15, -0.1) is 12.4 Å². The lowest BCUT2D eigenvalue weighted by Gasteiger charge is -2.32. The highest BCUT2D eigenvalue weighted by Gasteiger charge is 2.35. The second-order valence-electron chi connectivity index (χ2n) is 9.18. The number of amides is 2. The SMILES string of the molecule is CC1CN(C(=O)c2ccc[nH]2)Cc2c(C(=O)NC3CCCNC3)nn(Cc3ccc(F)cc3)c21.Cl. The van der Waals surface area contributed by atoms with E-state index in [0.29, 0.717) is 31.0 Å². The first-order valence-electron chi connectivity index (χ1n) is 11.8. The molecular weight excluding hydrogens is 471 g/mol. The van der Waals surface area contributed by atoms with Crippen LogP contribution in [-0.2, 0) is 13.1 Å². The first kappa shape index (κ1) is 24.9. The van der Waals surface area contributed by atoms with Gasteiger partial charge < -0.3 is 20.5 Å². The predicted molar refractivity (Wildman–Crippen MR) is 132 cm³/mol. The van der Waals surface area contributed by atoms with Gasteiger partial charge in [-0.2, -0.15) is 5.10 Å². The average molecular weight is 501 g/mol. The molecule has 1 fully saturated rings. The van der Waals surface area contributed by atoms with Crippen LogP contribution in [0.5, 0.6) is 0 Å². The van der Waals surface area contributed by atoms with E-state index in [1.807, 2.05) is 11.6 Å². The molecule has 2 atom stereocenters. The summed E-state index contributed by atoms with van der Waals surface area (Å²) in [5.74, 6) is -0.631. The summed E-state index contributed by atoms with van der Waals surface area (Å²) in [6.07, 6.45) is 3.66. The largest absolute Gasteiger partial charge is 0.357 e. The smallest absolute Gasteiger partial charge is 0.272 e. The van der Waals surface area contributed by atoms with Crippen LogP contribution in [0.2, 0.25) is 0 Å². The van der Waals surface area contributed by atoms with Crippen LogP contribution in [-0.4, -0.2) is 57.2 Å². The second kappa shape index (κ2) is 10.6. The van der Waals surface area contributed by atoms with Crippen molar-refractivity contribution < 1.29 is 14.0 Å². The van der Waals surface area contributed by atoms with Crippen LogP contribution in [0.1, 0.15) is 63.5 Å². The molecule has 1 aromatic carbocycles. The Hall–Kier alpha value is -3.17. The molecule has 2 amide bonds. The fourth-order valence-corrected chi connectivity index (χ4v) is 4.98. The number of H-pyrrole nitrogens is 1. The van der Waals surface area contributed by atoms with Crippen molar-refractivity contribution in [2.45, 2.75) is 44.8 Å². The Bertz CT molecular complexity index is 1170. The number of halogens is 2. The zero-order valence-corrected chi connectivity index (χ0v) is 20.4. The molecule has 0 saturated carbocycles. The van der Waals surface area contributed by atoms with E-state index in [2.05, 4.69) is 15.6 Å². The standard InChI is InChI=1S/C25H29FN6O2.ClH/c1-16-13-31(25(34)21-5-3-11-28-21)15-20-22(24(33)29-19-4-2-10-27-12-19)30-32(23(16)20)14-17-6-8-18(26)9-7-17;/h3,5-9,11,16,19,27-28H,2,4,10,12-15H2,1H3,(H,29,33);1H. The Kier molecular flexibility index (Phi) is 7.57. The third-order valence-electron chi connectivity index (χ3n) is 6.61. The molecule has 10 heteroatoms. The highest BCUT2D eigenvalue weighted by molar-refractivity contribution is 5.95. The number of nitrogens with zero attached hydrogens (tertiary/aromatic N) is 3. The number of aromatic nitrogens is 3. The molecule has 1 saturated heterocycles. The Morgan fingerprint density at radius 2 is 2.03 bits per heavy atom. The maximum atomic E-state index is 13.4. The van der Waals surface area contributed by atoms with Crippen LogP contribution in [0.3, 0.4) is 0 Å². The van der Waals surface area contributed by atoms with Crippen LogP contribution in [0.15, 0.2) is 42.6 Å². The molecule has 0 bridgehead atoms. The zero-order valence-electron chi connectivity index (χ0n) is 19.6. The Morgan fingerprint density at radius 1 is 1.23 bits per heavy atom. The van der Waals surface area contributed by atoms with Crippen molar-refractivity contribution in [3.8, 4) is 0 Å². The van der Waals surface area contributed by atoms with Gasteiger partial charge in [-0.25, -0.2) is 4.39 Å². The topological polar surface area (TPSA) is 95.1 Å². The lowest BCUT2D eigenvalue weighted by molar-refractivity contribution is 0.0710. The van der Waals surface area contributed by atoms with Crippen molar-refractivity contribution in [1.29, 1.82) is 0 Å². The highest BCUT2D eigenvalue weighted by Crippen LogP contribution is 2.32. The third-order valence-corrected chi connectivity index (χ3v) is 6.61. The van der Waals surface area contributed by atoms with E-state index in [4.69, 9.17) is 5.10 Å². The third kappa shape index (κ3) is 5.26. The Balaban J connectivity index is 0.00000289. The van der Waals surface area contributed by atoms with Gasteiger partial charge in [0.2, 0.25) is 0 Å². The summed E-state index contributed by atoms with van der Waals surface area (Å²) >= 11 is 0. The molecule has 35 heavy (non-hydrogen) atoms. The second-order valence-corrected chi connectivity index (χ2v) is 9.18. The van der Waals surface area contributed by atoms with Crippen molar-refractivity contribution >= 4 is 24.2 Å². The number of rotatable bonds is 5. The normalized spacial score (nSPS) is 19.5. The average Bonchev–Trinajstić information content (AvgIpc) is 3.50. The number of hydrogen-bond donors (Lipinski definition) is 3. The number of fused-ring (bicyclic) bond motifs is 1. The number of carbonyl (C=O) groups excluding carboxylic acids is 2. The van der Waals surface area contributed by atoms with Crippen molar-refractivity contribution in [2.75, 3.05) is 19.6 Å². The fourth-order valence-electron chi connectivity index (χ4n) is 4.98. The van der Waals surface area contributed by atoms with Gasteiger partial charge in [0.1, 0.15) is 11.5 Å². The summed E-state index contributed by atoms with van der Waals surface area (Å²) in [5.41, 5.74) is 3.51. The molecule has 8 nitrogen and oxygen atoms in total. The van der Waals surface area contributed by atoms with Gasteiger partial charge in [0.25, 0.3) is 11.8 Å². The van der Waals surface area contributed by atoms with E-state index in [1.165, 1.54) is 12.1 Å². The van der Waals surface area contributed by atoms with Gasteiger partial charge >= 0.3 is 0 Å². The number of aromatic amines is 1. The molecule has 3 N–H and O–H groups in total. The summed E-state index contributed by atoms with van der Waals surface area (Å²) in [6.45, 7) is 5.00. The molecule has 2 aliphatic rings. The number of piperidine rings is 1. The summed E-state index contributed by atoms with van der Waals surface area (Å²) in [7, 11) is 0. The summed E-state index contributed by atoms with van der Waals surface area (Å²) in [4.78, 5) is 31.1. The molecule has 5 rings (SSSR count). The van der Waals surface area contributed by atoms with Crippen LogP contribution >= 0.6 is 12.4 Å². The molecular formula is C25H30ClFN6O2. The van der Waals surface area contributed by atoms with Gasteiger partial charge in [0.05, 0.1) is 13.1 Å². The summed E-state index contributed by atoms with van der Waals surface area (Å²) in [6, 6.07) is 9.91. The molecule has 186 valence electrons. The van der Waals surface area contributed by atoms with E-state index in [9.17, 15) is 14.0 Å². The molecule has 2 aliphatic heterocycles. The van der Waals surface area contributed by atoms with Gasteiger partial charge in [0.15, 0.2) is 5.69 Å². The lowest BCUT2D eigenvalue weighted by atomic mass is 9.95. The van der Waals surface area contributed by atoms with Gasteiger partial charge in [-0.05, 0) is 49.2 Å². The molecule has 3 aromatic rings. The van der Waals surface area contributed by atoms with Crippen LogP contribution in [0.4, 0.5) is 4.39 Å². The maximum absolute atomic E-state index is 13.4. The zero-order chi connectivity index (χ0) is 23.7. The minimum Gasteiger partial charge on any atom is -0.357 e. The molecule has 0 spiro atoms. The van der Waals surface area contributed by atoms with E-state index < -0.39 is 0 Å². The first-order valence-corrected chi connectivity index (χ1v) is 11.8. The van der Waals surface area contributed by atoms with E-state index in [-0.39, 0.29) is 42.0 Å². The minimum atomic E-state index is -0.292. The molecule has 4 heterocycles. The van der Waals surface area contributed by atoms with Crippen molar-refractivity contribution in [2.24, 2.45) is 0 Å². The first-order chi connectivity index (χ1) is 16.5. The van der Waals surface area contributed by atoms with Crippen molar-refractivity contribution in [3.05, 3.63) is 76.6 Å². The molecule has 0 aliphatic carbocycles. The minimum absolute atomic E-state index is 0. The quantitative estimate of drug-likeness (QED) is 0.502. The van der Waals surface area contributed by atoms with Crippen LogP contribution < -0.4 is 10.6 Å². The number of hydrogen-bond acceptors (Lipinski definition) is 4. The maximum Gasteiger partial charge on any atom is 0.272 e. The lowest BCUT2D eigenvalue weighted by Crippen LogP contribution is -2.46. The Labute approximate surface area is 209 Å². The van der Waals surface area contributed by atoms with E-state index >= 15 is 0 Å². The summed E-state index contributed by atoms with van der Waals surface area (Å²) in [5, 5.41) is 11.2. The van der Waals surface area contributed by atoms with Crippen molar-refractivity contribution in [1.82, 2.24) is 30.3 Å². The molecule has 2 unspecified atom stereocenters. The van der Waals surface area contributed by atoms with E-state index in [1.54, 1.807) is 35.4 Å². The summed E-state index contributed by atoms with van der Waals surface area (Å²) < 4.78 is 15.3. The van der Waals surface area contributed by atoms with Gasteiger partial charge in [0, 0.05) is 42.5 Å². The van der Waals surface area contributed by atoms with Crippen LogP contribution in [0.25, 0.3) is 0 Å². The fraction of sp³-hybridized carbons (Fsp3) is 0.400. The molecule has 2 aromatic heterocycles. The van der Waals surface area contributed by atoms with Gasteiger partial charge in [-0.1, -0.05) is 19.1 Å². The number of benzene rings is 1. The van der Waals surface area contributed by atoms with Crippen LogP contribution in [0, 0.1) is 5.82 Å². The molecule has 0 radical (unpaired) electrons. The number of nitrogens with one attached hydrogen (secondary N) is 3. The monoisotopic (exact) mass is 500 g/mol. The predicted octanol–water partition coefficient (Wildman–Crippen LogP) is 3.06. The van der Waals surface area contributed by atoms with Gasteiger partial charge in [-0.3, -0.25) is 14.3 Å².